The zero-order valence-corrected chi connectivity index (χ0v) is 18.0. The first-order valence-electron chi connectivity index (χ1n) is 10.6. The first-order valence-corrected chi connectivity index (χ1v) is 11.0. The Hall–Kier alpha value is -1.89. The van der Waals surface area contributed by atoms with Crippen molar-refractivity contribution in [2.45, 2.75) is 39.2 Å². The van der Waals surface area contributed by atoms with Crippen LogP contribution in [-0.2, 0) is 13.0 Å². The smallest absolute Gasteiger partial charge is 0.293 e. The third-order valence-corrected chi connectivity index (χ3v) is 5.65. The second-order valence-corrected chi connectivity index (χ2v) is 8.10. The summed E-state index contributed by atoms with van der Waals surface area (Å²) in [5, 5.41) is 7.41. The monoisotopic (exact) mass is 417 g/mol. The van der Waals surface area contributed by atoms with Gasteiger partial charge in [-0.3, -0.25) is 4.79 Å². The standard InChI is InChI=1S/C22H32ClN5O/c1-18-17-26-21(25-11-14-27-12-3-2-4-13-27)22(29)28(18)15-10-24-9-8-19-6-5-7-20(23)16-19/h5-7,16-17,24H,2-4,8-15H2,1H3,(H,25,26). The lowest BCUT2D eigenvalue weighted by atomic mass is 10.1. The minimum absolute atomic E-state index is 0.0414. The number of aromatic nitrogens is 2. The van der Waals surface area contributed by atoms with E-state index in [1.807, 2.05) is 25.1 Å². The van der Waals surface area contributed by atoms with Crippen LogP contribution in [0.1, 0.15) is 30.5 Å². The fourth-order valence-electron chi connectivity index (χ4n) is 3.73. The first kappa shape index (κ1) is 21.8. The molecule has 1 aromatic carbocycles. The molecule has 0 spiro atoms. The van der Waals surface area contributed by atoms with Crippen molar-refractivity contribution < 1.29 is 0 Å². The number of rotatable bonds is 10. The molecular weight excluding hydrogens is 386 g/mol. The molecule has 1 aromatic heterocycles. The molecule has 1 aliphatic rings. The van der Waals surface area contributed by atoms with Gasteiger partial charge in [-0.15, -0.1) is 0 Å². The summed E-state index contributed by atoms with van der Waals surface area (Å²) >= 11 is 6.02. The topological polar surface area (TPSA) is 62.2 Å². The van der Waals surface area contributed by atoms with E-state index < -0.39 is 0 Å². The van der Waals surface area contributed by atoms with E-state index in [1.165, 1.54) is 24.8 Å². The van der Waals surface area contributed by atoms with Crippen LogP contribution in [0.4, 0.5) is 5.82 Å². The van der Waals surface area contributed by atoms with Crippen LogP contribution in [0.25, 0.3) is 0 Å². The zero-order valence-electron chi connectivity index (χ0n) is 17.3. The molecule has 7 heteroatoms. The fraction of sp³-hybridized carbons (Fsp3) is 0.545. The molecule has 1 aliphatic heterocycles. The summed E-state index contributed by atoms with van der Waals surface area (Å²) in [6.07, 6.45) is 6.58. The number of nitrogens with zero attached hydrogens (tertiary/aromatic N) is 3. The number of hydrogen-bond donors (Lipinski definition) is 2. The van der Waals surface area contributed by atoms with Crippen LogP contribution >= 0.6 is 11.6 Å². The molecule has 0 saturated carbocycles. The summed E-state index contributed by atoms with van der Waals surface area (Å²) in [7, 11) is 0. The van der Waals surface area contributed by atoms with Gasteiger partial charge < -0.3 is 20.1 Å². The predicted octanol–water partition coefficient (Wildman–Crippen LogP) is 2.94. The highest BCUT2D eigenvalue weighted by Gasteiger charge is 2.11. The number of piperidine rings is 1. The Bertz CT molecular complexity index is 832. The van der Waals surface area contributed by atoms with Crippen molar-refractivity contribution in [1.82, 2.24) is 19.8 Å². The number of benzene rings is 1. The van der Waals surface area contributed by atoms with Crippen molar-refractivity contribution in [2.75, 3.05) is 44.6 Å². The Kier molecular flexibility index (Phi) is 8.52. The van der Waals surface area contributed by atoms with Crippen molar-refractivity contribution >= 4 is 17.4 Å². The summed E-state index contributed by atoms with van der Waals surface area (Å²) in [6, 6.07) is 7.92. The van der Waals surface area contributed by atoms with E-state index in [2.05, 4.69) is 26.6 Å². The molecule has 0 unspecified atom stereocenters. The Morgan fingerprint density at radius 2 is 1.93 bits per heavy atom. The molecule has 3 rings (SSSR count). The highest BCUT2D eigenvalue weighted by molar-refractivity contribution is 6.30. The average Bonchev–Trinajstić information content (AvgIpc) is 2.72. The molecule has 2 N–H and O–H groups in total. The van der Waals surface area contributed by atoms with Gasteiger partial charge in [-0.25, -0.2) is 4.98 Å². The van der Waals surface area contributed by atoms with E-state index >= 15 is 0 Å². The SMILES string of the molecule is Cc1cnc(NCCN2CCCCC2)c(=O)n1CCNCCc1cccc(Cl)c1. The molecule has 2 aromatic rings. The molecule has 0 bridgehead atoms. The van der Waals surface area contributed by atoms with E-state index in [1.54, 1.807) is 10.8 Å². The van der Waals surface area contributed by atoms with Gasteiger partial charge in [-0.2, -0.15) is 0 Å². The van der Waals surface area contributed by atoms with Crippen LogP contribution in [0, 0.1) is 6.92 Å². The molecule has 0 aliphatic carbocycles. The largest absolute Gasteiger partial charge is 0.364 e. The summed E-state index contributed by atoms with van der Waals surface area (Å²) in [5.41, 5.74) is 2.05. The van der Waals surface area contributed by atoms with E-state index in [4.69, 9.17) is 11.6 Å². The minimum atomic E-state index is -0.0414. The quantitative estimate of drug-likeness (QED) is 0.582. The molecule has 0 amide bonds. The molecule has 0 atom stereocenters. The zero-order chi connectivity index (χ0) is 20.5. The minimum Gasteiger partial charge on any atom is -0.364 e. The van der Waals surface area contributed by atoms with Crippen LogP contribution in [0.3, 0.4) is 0 Å². The van der Waals surface area contributed by atoms with Crippen molar-refractivity contribution in [3.8, 4) is 0 Å². The van der Waals surface area contributed by atoms with Crippen molar-refractivity contribution in [1.29, 1.82) is 0 Å². The fourth-order valence-corrected chi connectivity index (χ4v) is 3.94. The third kappa shape index (κ3) is 6.84. The molecule has 158 valence electrons. The lowest BCUT2D eigenvalue weighted by Crippen LogP contribution is -2.35. The van der Waals surface area contributed by atoms with Gasteiger partial charge in [-0.1, -0.05) is 30.2 Å². The van der Waals surface area contributed by atoms with Gasteiger partial charge in [0.05, 0.1) is 0 Å². The lowest BCUT2D eigenvalue weighted by molar-refractivity contribution is 0.237. The average molecular weight is 418 g/mol. The van der Waals surface area contributed by atoms with Crippen LogP contribution in [0.5, 0.6) is 0 Å². The molecule has 29 heavy (non-hydrogen) atoms. The van der Waals surface area contributed by atoms with Crippen molar-refractivity contribution in [2.24, 2.45) is 0 Å². The van der Waals surface area contributed by atoms with Gasteiger partial charge in [0.25, 0.3) is 5.56 Å². The van der Waals surface area contributed by atoms with Crippen LogP contribution in [0.2, 0.25) is 5.02 Å². The second-order valence-electron chi connectivity index (χ2n) is 7.66. The van der Waals surface area contributed by atoms with Gasteiger partial charge >= 0.3 is 0 Å². The molecule has 6 nitrogen and oxygen atoms in total. The first-order chi connectivity index (χ1) is 14.1. The molecular formula is C22H32ClN5O. The summed E-state index contributed by atoms with van der Waals surface area (Å²) < 4.78 is 1.79. The Labute approximate surface area is 178 Å². The van der Waals surface area contributed by atoms with Gasteiger partial charge in [0.1, 0.15) is 0 Å². The molecule has 1 saturated heterocycles. The lowest BCUT2D eigenvalue weighted by Gasteiger charge is -2.26. The maximum atomic E-state index is 12.8. The van der Waals surface area contributed by atoms with E-state index in [9.17, 15) is 4.79 Å². The third-order valence-electron chi connectivity index (χ3n) is 5.41. The highest BCUT2D eigenvalue weighted by atomic mass is 35.5. The van der Waals surface area contributed by atoms with Gasteiger partial charge in [0, 0.05) is 43.1 Å². The summed E-state index contributed by atoms with van der Waals surface area (Å²) in [6.45, 7) is 8.17. The highest BCUT2D eigenvalue weighted by Crippen LogP contribution is 2.10. The summed E-state index contributed by atoms with van der Waals surface area (Å²) in [4.78, 5) is 19.5. The number of halogens is 1. The Balaban J connectivity index is 1.44. The maximum absolute atomic E-state index is 12.8. The van der Waals surface area contributed by atoms with E-state index in [0.29, 0.717) is 12.4 Å². The second kappa shape index (κ2) is 11.3. The van der Waals surface area contributed by atoms with Crippen LogP contribution in [-0.4, -0.2) is 53.7 Å². The van der Waals surface area contributed by atoms with Gasteiger partial charge in [0.2, 0.25) is 0 Å². The Morgan fingerprint density at radius 3 is 2.72 bits per heavy atom. The number of likely N-dealkylation sites (tertiary alicyclic amines) is 1. The number of anilines is 1. The number of hydrogen-bond acceptors (Lipinski definition) is 5. The van der Waals surface area contributed by atoms with Crippen molar-refractivity contribution in [3.63, 3.8) is 0 Å². The van der Waals surface area contributed by atoms with E-state index in [0.717, 1.165) is 56.4 Å². The van der Waals surface area contributed by atoms with Gasteiger partial charge in [0.15, 0.2) is 5.82 Å². The van der Waals surface area contributed by atoms with Crippen LogP contribution in [0.15, 0.2) is 35.3 Å². The molecule has 2 heterocycles. The molecule has 1 fully saturated rings. The maximum Gasteiger partial charge on any atom is 0.293 e. The predicted molar refractivity (Wildman–Crippen MR) is 120 cm³/mol. The normalized spacial score (nSPS) is 14.8. The Morgan fingerprint density at radius 1 is 1.10 bits per heavy atom. The van der Waals surface area contributed by atoms with Gasteiger partial charge in [-0.05, 0) is 63.5 Å². The number of aryl methyl sites for hydroxylation is 1. The summed E-state index contributed by atoms with van der Waals surface area (Å²) in [5.74, 6) is 0.450. The van der Waals surface area contributed by atoms with E-state index in [-0.39, 0.29) is 5.56 Å². The molecule has 0 radical (unpaired) electrons. The number of nitrogens with one attached hydrogen (secondary N) is 2. The van der Waals surface area contributed by atoms with Crippen LogP contribution < -0.4 is 16.2 Å². The van der Waals surface area contributed by atoms with Crippen molar-refractivity contribution in [3.05, 3.63) is 57.1 Å².